The van der Waals surface area contributed by atoms with Gasteiger partial charge >= 0.3 is 0 Å². The molecule has 0 aromatic heterocycles. The zero-order valence-corrected chi connectivity index (χ0v) is 15.8. The summed E-state index contributed by atoms with van der Waals surface area (Å²) in [5.74, 6) is 0.645. The largest absolute Gasteiger partial charge is 0.356 e. The third kappa shape index (κ3) is 6.42. The van der Waals surface area contributed by atoms with Gasteiger partial charge in [-0.15, -0.1) is 0 Å². The SMILES string of the molecule is O=C(CCCCCN1C(=O)CSC1=S)NCCc1ccc(Cl)cc1. The van der Waals surface area contributed by atoms with Crippen LogP contribution in [0.3, 0.4) is 0 Å². The summed E-state index contributed by atoms with van der Waals surface area (Å²) in [5.41, 5.74) is 1.16. The van der Waals surface area contributed by atoms with Gasteiger partial charge in [0.2, 0.25) is 11.8 Å². The topological polar surface area (TPSA) is 49.4 Å². The molecule has 0 spiro atoms. The van der Waals surface area contributed by atoms with Crippen LogP contribution in [0.15, 0.2) is 24.3 Å². The van der Waals surface area contributed by atoms with Crippen molar-refractivity contribution in [3.05, 3.63) is 34.9 Å². The van der Waals surface area contributed by atoms with Gasteiger partial charge < -0.3 is 5.32 Å². The third-order valence-electron chi connectivity index (χ3n) is 3.78. The number of nitrogens with one attached hydrogen (secondary N) is 1. The molecule has 4 nitrogen and oxygen atoms in total. The summed E-state index contributed by atoms with van der Waals surface area (Å²) in [6.45, 7) is 1.30. The first-order chi connectivity index (χ1) is 11.6. The van der Waals surface area contributed by atoms with E-state index in [1.807, 2.05) is 24.3 Å². The van der Waals surface area contributed by atoms with Crippen LogP contribution in [-0.4, -0.2) is 39.9 Å². The highest BCUT2D eigenvalue weighted by atomic mass is 35.5. The fourth-order valence-electron chi connectivity index (χ4n) is 2.42. The summed E-state index contributed by atoms with van der Waals surface area (Å²) >= 11 is 12.4. The first-order valence-electron chi connectivity index (χ1n) is 8.04. The zero-order valence-electron chi connectivity index (χ0n) is 13.4. The van der Waals surface area contributed by atoms with Crippen molar-refractivity contribution < 1.29 is 9.59 Å². The minimum absolute atomic E-state index is 0.0762. The Bertz CT molecular complexity index is 577. The van der Waals surface area contributed by atoms with E-state index < -0.39 is 0 Å². The molecular weight excluding hydrogens is 364 g/mol. The molecule has 2 rings (SSSR count). The molecule has 1 aliphatic rings. The molecule has 1 aromatic carbocycles. The van der Waals surface area contributed by atoms with Crippen molar-refractivity contribution in [2.75, 3.05) is 18.8 Å². The molecule has 1 aliphatic heterocycles. The molecule has 130 valence electrons. The molecule has 24 heavy (non-hydrogen) atoms. The predicted molar refractivity (Wildman–Crippen MR) is 103 cm³/mol. The number of halogens is 1. The van der Waals surface area contributed by atoms with Gasteiger partial charge in [0.1, 0.15) is 4.32 Å². The maximum atomic E-state index is 11.8. The summed E-state index contributed by atoms with van der Waals surface area (Å²) in [6, 6.07) is 7.65. The van der Waals surface area contributed by atoms with Crippen molar-refractivity contribution in [2.24, 2.45) is 0 Å². The molecule has 0 unspecified atom stereocenters. The monoisotopic (exact) mass is 384 g/mol. The highest BCUT2D eigenvalue weighted by Crippen LogP contribution is 2.19. The Morgan fingerprint density at radius 3 is 2.67 bits per heavy atom. The van der Waals surface area contributed by atoms with Crippen LogP contribution in [0.1, 0.15) is 31.2 Å². The predicted octanol–water partition coefficient (Wildman–Crippen LogP) is 3.42. The van der Waals surface area contributed by atoms with E-state index in [-0.39, 0.29) is 11.8 Å². The Kier molecular flexibility index (Phi) is 8.02. The van der Waals surface area contributed by atoms with Gasteiger partial charge in [0.25, 0.3) is 0 Å². The second kappa shape index (κ2) is 10.0. The first kappa shape index (κ1) is 19.2. The van der Waals surface area contributed by atoms with Crippen molar-refractivity contribution in [1.82, 2.24) is 10.2 Å². The molecule has 1 N–H and O–H groups in total. The minimum Gasteiger partial charge on any atom is -0.356 e. The van der Waals surface area contributed by atoms with E-state index >= 15 is 0 Å². The van der Waals surface area contributed by atoms with E-state index in [1.54, 1.807) is 4.90 Å². The van der Waals surface area contributed by atoms with Crippen LogP contribution in [0, 0.1) is 0 Å². The molecule has 0 aliphatic carbocycles. The number of benzene rings is 1. The van der Waals surface area contributed by atoms with Crippen LogP contribution in [-0.2, 0) is 16.0 Å². The Labute approximate surface area is 157 Å². The smallest absolute Gasteiger partial charge is 0.238 e. The van der Waals surface area contributed by atoms with Crippen LogP contribution in [0.5, 0.6) is 0 Å². The molecule has 1 saturated heterocycles. The zero-order chi connectivity index (χ0) is 17.4. The Balaban J connectivity index is 1.51. The van der Waals surface area contributed by atoms with Gasteiger partial charge in [-0.25, -0.2) is 0 Å². The Morgan fingerprint density at radius 2 is 2.00 bits per heavy atom. The van der Waals surface area contributed by atoms with E-state index in [4.69, 9.17) is 23.8 Å². The molecule has 1 aromatic rings. The maximum Gasteiger partial charge on any atom is 0.238 e. The van der Waals surface area contributed by atoms with Gasteiger partial charge in [-0.05, 0) is 37.0 Å². The number of nitrogens with zero attached hydrogens (tertiary/aromatic N) is 1. The van der Waals surface area contributed by atoms with E-state index in [0.717, 1.165) is 36.3 Å². The van der Waals surface area contributed by atoms with E-state index in [9.17, 15) is 9.59 Å². The minimum atomic E-state index is 0.0762. The highest BCUT2D eigenvalue weighted by Gasteiger charge is 2.25. The normalized spacial score (nSPS) is 14.3. The van der Waals surface area contributed by atoms with Crippen molar-refractivity contribution in [1.29, 1.82) is 0 Å². The van der Waals surface area contributed by atoms with Crippen LogP contribution < -0.4 is 5.32 Å². The lowest BCUT2D eigenvalue weighted by Gasteiger charge is -2.14. The van der Waals surface area contributed by atoms with Gasteiger partial charge in [0, 0.05) is 24.5 Å². The van der Waals surface area contributed by atoms with Crippen LogP contribution in [0.4, 0.5) is 0 Å². The second-order valence-corrected chi connectivity index (χ2v) is 7.68. The number of thioether (sulfide) groups is 1. The Morgan fingerprint density at radius 1 is 1.25 bits per heavy atom. The number of thiocarbonyl (C=S) groups is 1. The maximum absolute atomic E-state index is 11.8. The lowest BCUT2D eigenvalue weighted by Crippen LogP contribution is -2.29. The van der Waals surface area contributed by atoms with Gasteiger partial charge in [0.05, 0.1) is 5.75 Å². The Hall–Kier alpha value is -1.11. The molecular formula is C17H21ClN2O2S2. The van der Waals surface area contributed by atoms with E-state index in [1.165, 1.54) is 11.8 Å². The highest BCUT2D eigenvalue weighted by molar-refractivity contribution is 8.23. The van der Waals surface area contributed by atoms with Crippen molar-refractivity contribution >= 4 is 51.7 Å². The average Bonchev–Trinajstić information content (AvgIpc) is 2.88. The molecule has 2 amide bonds. The quantitative estimate of drug-likeness (QED) is 0.523. The fourth-order valence-corrected chi connectivity index (χ4v) is 3.66. The molecule has 0 saturated carbocycles. The van der Waals surface area contributed by atoms with Crippen molar-refractivity contribution in [2.45, 2.75) is 32.1 Å². The lowest BCUT2D eigenvalue weighted by atomic mass is 10.1. The number of carbonyl (C=O) groups is 2. The van der Waals surface area contributed by atoms with Crippen LogP contribution in [0.2, 0.25) is 5.02 Å². The molecule has 0 bridgehead atoms. The van der Waals surface area contributed by atoms with E-state index in [2.05, 4.69) is 5.32 Å². The standard InChI is InChI=1S/C17H21ClN2O2S2/c18-14-7-5-13(6-8-14)9-10-19-15(21)4-2-1-3-11-20-16(22)12-24-17(20)23/h5-8H,1-4,9-12H2,(H,19,21). The van der Waals surface area contributed by atoms with Gasteiger partial charge in [-0.1, -0.05) is 54.1 Å². The summed E-state index contributed by atoms with van der Waals surface area (Å²) in [6.07, 6.45) is 3.95. The molecule has 7 heteroatoms. The van der Waals surface area contributed by atoms with E-state index in [0.29, 0.717) is 29.6 Å². The second-order valence-electron chi connectivity index (χ2n) is 5.64. The number of hydrogen-bond acceptors (Lipinski definition) is 4. The third-order valence-corrected chi connectivity index (χ3v) is 5.46. The molecule has 0 radical (unpaired) electrons. The fraction of sp³-hybridized carbons (Fsp3) is 0.471. The average molecular weight is 385 g/mol. The summed E-state index contributed by atoms with van der Waals surface area (Å²) in [7, 11) is 0. The number of carbonyl (C=O) groups excluding carboxylic acids is 2. The van der Waals surface area contributed by atoms with Crippen LogP contribution >= 0.6 is 35.6 Å². The summed E-state index contributed by atoms with van der Waals surface area (Å²) in [4.78, 5) is 25.0. The number of rotatable bonds is 9. The number of unbranched alkanes of at least 4 members (excludes halogenated alkanes) is 2. The summed E-state index contributed by atoms with van der Waals surface area (Å²) < 4.78 is 0.681. The summed E-state index contributed by atoms with van der Waals surface area (Å²) in [5, 5.41) is 3.65. The molecule has 1 heterocycles. The van der Waals surface area contributed by atoms with Gasteiger partial charge in [0.15, 0.2) is 0 Å². The van der Waals surface area contributed by atoms with Crippen molar-refractivity contribution in [3.8, 4) is 0 Å². The number of hydrogen-bond donors (Lipinski definition) is 1. The van der Waals surface area contributed by atoms with Gasteiger partial charge in [-0.2, -0.15) is 0 Å². The van der Waals surface area contributed by atoms with Crippen molar-refractivity contribution in [3.63, 3.8) is 0 Å². The van der Waals surface area contributed by atoms with Crippen LogP contribution in [0.25, 0.3) is 0 Å². The first-order valence-corrected chi connectivity index (χ1v) is 9.81. The molecule has 1 fully saturated rings. The molecule has 0 atom stereocenters. The van der Waals surface area contributed by atoms with Gasteiger partial charge in [-0.3, -0.25) is 14.5 Å². The lowest BCUT2D eigenvalue weighted by molar-refractivity contribution is -0.124. The number of amides is 2.